The van der Waals surface area contributed by atoms with Crippen LogP contribution < -0.4 is 5.48 Å². The zero-order valence-electron chi connectivity index (χ0n) is 10.1. The maximum atomic E-state index is 11.9. The molecule has 1 fully saturated rings. The molecule has 1 amide bonds. The van der Waals surface area contributed by atoms with Gasteiger partial charge in [0.05, 0.1) is 11.0 Å². The van der Waals surface area contributed by atoms with E-state index in [2.05, 4.69) is 5.48 Å². The molecular weight excluding hydrogens is 272 g/mol. The second kappa shape index (κ2) is 5.99. The number of hydrogen-bond donors (Lipinski definition) is 1. The Hall–Kier alpha value is -1.66. The molecule has 19 heavy (non-hydrogen) atoms. The van der Waals surface area contributed by atoms with Gasteiger partial charge < -0.3 is 0 Å². The summed E-state index contributed by atoms with van der Waals surface area (Å²) in [4.78, 5) is 27.3. The third-order valence-corrected chi connectivity index (χ3v) is 3.26. The lowest BCUT2D eigenvalue weighted by Gasteiger charge is -2.11. The number of benzene rings is 1. The molecule has 1 aliphatic carbocycles. The number of nitro groups is 1. The summed E-state index contributed by atoms with van der Waals surface area (Å²) in [5, 5.41) is 11.1. The van der Waals surface area contributed by atoms with Gasteiger partial charge in [0.25, 0.3) is 11.6 Å². The van der Waals surface area contributed by atoms with Crippen molar-refractivity contribution in [3.63, 3.8) is 0 Å². The van der Waals surface area contributed by atoms with E-state index in [0.29, 0.717) is 0 Å². The fraction of sp³-hybridized carbons (Fsp3) is 0.417. The quantitative estimate of drug-likeness (QED) is 0.681. The van der Waals surface area contributed by atoms with Crippen LogP contribution in [-0.2, 0) is 4.84 Å². The molecule has 0 saturated heterocycles. The summed E-state index contributed by atoms with van der Waals surface area (Å²) in [7, 11) is 0. The Morgan fingerprint density at radius 1 is 1.42 bits per heavy atom. The summed E-state index contributed by atoms with van der Waals surface area (Å²) >= 11 is 5.75. The molecule has 0 atom stereocenters. The molecule has 0 bridgehead atoms. The van der Waals surface area contributed by atoms with Crippen molar-refractivity contribution in [3.8, 4) is 0 Å². The summed E-state index contributed by atoms with van der Waals surface area (Å²) in [5.74, 6) is -0.652. The average Bonchev–Trinajstić information content (AvgIpc) is 2.88. The number of nitro benzene ring substituents is 1. The molecule has 0 radical (unpaired) electrons. The molecule has 6 nitrogen and oxygen atoms in total. The molecular formula is C12H13ClN2O4. The minimum Gasteiger partial charge on any atom is -0.270 e. The van der Waals surface area contributed by atoms with E-state index in [4.69, 9.17) is 16.4 Å². The first-order chi connectivity index (χ1) is 9.08. The number of amides is 1. The predicted octanol–water partition coefficient (Wildman–Crippen LogP) is 2.85. The molecule has 2 rings (SSSR count). The number of carbonyl (C=O) groups is 1. The molecule has 0 spiro atoms. The Bertz CT molecular complexity index is 501. The number of nitrogens with one attached hydrogen (secondary N) is 1. The van der Waals surface area contributed by atoms with Crippen LogP contribution in [0.2, 0.25) is 5.02 Å². The standard InChI is InChI=1S/C12H13ClN2O4/c13-8-5-6-11(15(17)18)10(7-8)12(16)14-19-9-3-1-2-4-9/h5-7,9H,1-4H2,(H,14,16). The largest absolute Gasteiger partial charge is 0.282 e. The SMILES string of the molecule is O=C(NOC1CCCC1)c1cc(Cl)ccc1[N+](=O)[O-]. The third kappa shape index (κ3) is 3.42. The molecule has 102 valence electrons. The summed E-state index contributed by atoms with van der Waals surface area (Å²) in [5.41, 5.74) is 1.87. The van der Waals surface area contributed by atoms with E-state index in [1.807, 2.05) is 0 Å². The molecule has 7 heteroatoms. The van der Waals surface area contributed by atoms with E-state index < -0.39 is 10.8 Å². The number of carbonyl (C=O) groups excluding carboxylic acids is 1. The van der Waals surface area contributed by atoms with E-state index >= 15 is 0 Å². The van der Waals surface area contributed by atoms with Gasteiger partial charge in [0.2, 0.25) is 0 Å². The van der Waals surface area contributed by atoms with E-state index in [9.17, 15) is 14.9 Å². The van der Waals surface area contributed by atoms with Gasteiger partial charge in [-0.3, -0.25) is 19.7 Å². The van der Waals surface area contributed by atoms with Crippen LogP contribution in [0.3, 0.4) is 0 Å². The maximum Gasteiger partial charge on any atom is 0.282 e. The molecule has 1 saturated carbocycles. The van der Waals surface area contributed by atoms with Crippen LogP contribution in [0, 0.1) is 10.1 Å². The van der Waals surface area contributed by atoms with Crippen molar-refractivity contribution in [2.75, 3.05) is 0 Å². The van der Waals surface area contributed by atoms with E-state index in [1.54, 1.807) is 0 Å². The van der Waals surface area contributed by atoms with Gasteiger partial charge in [-0.25, -0.2) is 5.48 Å². The summed E-state index contributed by atoms with van der Waals surface area (Å²) in [6.07, 6.45) is 3.90. The lowest BCUT2D eigenvalue weighted by Crippen LogP contribution is -2.28. The van der Waals surface area contributed by atoms with Crippen molar-refractivity contribution in [3.05, 3.63) is 38.9 Å². The Morgan fingerprint density at radius 2 is 2.11 bits per heavy atom. The number of halogens is 1. The minimum atomic E-state index is -0.652. The van der Waals surface area contributed by atoms with Gasteiger partial charge >= 0.3 is 0 Å². The van der Waals surface area contributed by atoms with Gasteiger partial charge in [-0.2, -0.15) is 0 Å². The van der Waals surface area contributed by atoms with Crippen molar-refractivity contribution in [2.24, 2.45) is 0 Å². The first-order valence-electron chi connectivity index (χ1n) is 5.98. The van der Waals surface area contributed by atoms with E-state index in [0.717, 1.165) is 25.7 Å². The molecule has 1 N–H and O–H groups in total. The number of hydroxylamine groups is 1. The van der Waals surface area contributed by atoms with Crippen LogP contribution in [0.5, 0.6) is 0 Å². The molecule has 1 aromatic carbocycles. The van der Waals surface area contributed by atoms with Crippen LogP contribution in [0.25, 0.3) is 0 Å². The molecule has 1 aromatic rings. The highest BCUT2D eigenvalue weighted by Crippen LogP contribution is 2.23. The summed E-state index contributed by atoms with van der Waals surface area (Å²) in [6.45, 7) is 0. The lowest BCUT2D eigenvalue weighted by atomic mass is 10.2. The molecule has 0 aromatic heterocycles. The zero-order chi connectivity index (χ0) is 13.8. The Kier molecular flexibility index (Phi) is 4.34. The van der Waals surface area contributed by atoms with Crippen molar-refractivity contribution in [2.45, 2.75) is 31.8 Å². The minimum absolute atomic E-state index is 0.0119. The first kappa shape index (κ1) is 13.8. The Morgan fingerprint density at radius 3 is 2.74 bits per heavy atom. The number of rotatable bonds is 4. The average molecular weight is 285 g/mol. The van der Waals surface area contributed by atoms with Crippen molar-refractivity contribution >= 4 is 23.2 Å². The third-order valence-electron chi connectivity index (χ3n) is 3.02. The van der Waals surface area contributed by atoms with Crippen molar-refractivity contribution in [1.29, 1.82) is 0 Å². The van der Waals surface area contributed by atoms with E-state index in [-0.39, 0.29) is 22.4 Å². The molecule has 0 heterocycles. The summed E-state index contributed by atoms with van der Waals surface area (Å²) < 4.78 is 0. The highest BCUT2D eigenvalue weighted by Gasteiger charge is 2.22. The van der Waals surface area contributed by atoms with Gasteiger partial charge in [-0.05, 0) is 25.0 Å². The monoisotopic (exact) mass is 284 g/mol. The smallest absolute Gasteiger partial charge is 0.270 e. The van der Waals surface area contributed by atoms with Crippen LogP contribution in [0.4, 0.5) is 5.69 Å². The van der Waals surface area contributed by atoms with Gasteiger partial charge in [0.1, 0.15) is 5.56 Å². The Balaban J connectivity index is 2.08. The zero-order valence-corrected chi connectivity index (χ0v) is 10.9. The number of hydrogen-bond acceptors (Lipinski definition) is 4. The van der Waals surface area contributed by atoms with E-state index in [1.165, 1.54) is 18.2 Å². The van der Waals surface area contributed by atoms with Crippen molar-refractivity contribution in [1.82, 2.24) is 5.48 Å². The second-order valence-corrected chi connectivity index (χ2v) is 4.81. The lowest BCUT2D eigenvalue weighted by molar-refractivity contribution is -0.385. The topological polar surface area (TPSA) is 81.5 Å². The Labute approximate surface area is 114 Å². The van der Waals surface area contributed by atoms with Gasteiger partial charge in [-0.1, -0.05) is 24.4 Å². The van der Waals surface area contributed by atoms with Crippen molar-refractivity contribution < 1.29 is 14.6 Å². The van der Waals surface area contributed by atoms with Crippen LogP contribution in [0.15, 0.2) is 18.2 Å². The van der Waals surface area contributed by atoms with Crippen LogP contribution in [-0.4, -0.2) is 16.9 Å². The first-order valence-corrected chi connectivity index (χ1v) is 6.35. The second-order valence-electron chi connectivity index (χ2n) is 4.37. The van der Waals surface area contributed by atoms with Gasteiger partial charge in [0, 0.05) is 11.1 Å². The number of nitrogens with zero attached hydrogens (tertiary/aromatic N) is 1. The highest BCUT2D eigenvalue weighted by atomic mass is 35.5. The maximum absolute atomic E-state index is 11.9. The molecule has 0 unspecified atom stereocenters. The fourth-order valence-electron chi connectivity index (χ4n) is 2.05. The normalized spacial score (nSPS) is 15.4. The fourth-order valence-corrected chi connectivity index (χ4v) is 2.22. The molecule has 0 aliphatic heterocycles. The summed E-state index contributed by atoms with van der Waals surface area (Å²) in [6, 6.07) is 3.83. The van der Waals surface area contributed by atoms with Crippen LogP contribution >= 0.6 is 11.6 Å². The van der Waals surface area contributed by atoms with Gasteiger partial charge in [0.15, 0.2) is 0 Å². The van der Waals surface area contributed by atoms with Crippen LogP contribution in [0.1, 0.15) is 36.0 Å². The predicted molar refractivity (Wildman–Crippen MR) is 68.9 cm³/mol. The highest BCUT2D eigenvalue weighted by molar-refractivity contribution is 6.31. The van der Waals surface area contributed by atoms with Gasteiger partial charge in [-0.15, -0.1) is 0 Å². The molecule has 1 aliphatic rings.